The highest BCUT2D eigenvalue weighted by Crippen LogP contribution is 2.14. The molecule has 0 radical (unpaired) electrons. The summed E-state index contributed by atoms with van der Waals surface area (Å²) in [5.74, 6) is -0.809. The topological polar surface area (TPSA) is 62.1 Å². The molecular weight excluding hydrogens is 252 g/mol. The maximum Gasteiger partial charge on any atom is 0.237 e. The number of hydrogen-bond donors (Lipinski definition) is 1. The van der Waals surface area contributed by atoms with Crippen molar-refractivity contribution in [2.45, 2.75) is 31.8 Å². The van der Waals surface area contributed by atoms with Gasteiger partial charge in [0.25, 0.3) is 0 Å². The largest absolute Gasteiger partial charge is 0.378 e. The van der Waals surface area contributed by atoms with E-state index < -0.39 is 5.92 Å². The van der Waals surface area contributed by atoms with Crippen molar-refractivity contribution in [3.8, 4) is 6.07 Å². The highest BCUT2D eigenvalue weighted by atomic mass is 16.5. The van der Waals surface area contributed by atoms with Crippen LogP contribution in [-0.4, -0.2) is 25.2 Å². The molecule has 1 aromatic carbocycles. The van der Waals surface area contributed by atoms with Crippen molar-refractivity contribution in [3.05, 3.63) is 35.9 Å². The molecule has 4 heteroatoms. The fourth-order valence-corrected chi connectivity index (χ4v) is 2.40. The van der Waals surface area contributed by atoms with Gasteiger partial charge in [0, 0.05) is 13.2 Å². The summed E-state index contributed by atoms with van der Waals surface area (Å²) in [6.45, 7) is 1.41. The average Bonchev–Trinajstić information content (AvgIpc) is 2.99. The Balaban J connectivity index is 1.75. The number of benzene rings is 1. The predicted molar refractivity (Wildman–Crippen MR) is 75.8 cm³/mol. The van der Waals surface area contributed by atoms with E-state index in [2.05, 4.69) is 11.4 Å². The zero-order valence-corrected chi connectivity index (χ0v) is 11.5. The molecule has 1 saturated heterocycles. The maximum absolute atomic E-state index is 12.0. The van der Waals surface area contributed by atoms with Crippen molar-refractivity contribution in [2.75, 3.05) is 13.2 Å². The van der Waals surface area contributed by atoms with Crippen LogP contribution in [0.3, 0.4) is 0 Å². The van der Waals surface area contributed by atoms with Gasteiger partial charge in [-0.1, -0.05) is 30.3 Å². The average molecular weight is 272 g/mol. The fraction of sp³-hybridized carbons (Fsp3) is 0.500. The van der Waals surface area contributed by atoms with Gasteiger partial charge in [-0.2, -0.15) is 5.26 Å². The summed E-state index contributed by atoms with van der Waals surface area (Å²) in [6.07, 6.45) is 3.73. The lowest BCUT2D eigenvalue weighted by Crippen LogP contribution is -2.33. The quantitative estimate of drug-likeness (QED) is 0.862. The van der Waals surface area contributed by atoms with Gasteiger partial charge in [-0.3, -0.25) is 4.79 Å². The Morgan fingerprint density at radius 3 is 2.90 bits per heavy atom. The van der Waals surface area contributed by atoms with Crippen molar-refractivity contribution < 1.29 is 9.53 Å². The Hall–Kier alpha value is -1.86. The summed E-state index contributed by atoms with van der Waals surface area (Å²) in [7, 11) is 0. The van der Waals surface area contributed by atoms with Crippen LogP contribution in [0, 0.1) is 17.2 Å². The summed E-state index contributed by atoms with van der Waals surface area (Å²) in [6, 6.07) is 11.7. The normalized spacial score (nSPS) is 19.2. The third-order valence-electron chi connectivity index (χ3n) is 3.54. The molecule has 0 bridgehead atoms. The molecule has 106 valence electrons. The van der Waals surface area contributed by atoms with Crippen LogP contribution in [0.25, 0.3) is 0 Å². The summed E-state index contributed by atoms with van der Waals surface area (Å²) in [5, 5.41) is 12.0. The van der Waals surface area contributed by atoms with E-state index in [4.69, 9.17) is 10.00 Å². The minimum absolute atomic E-state index is 0.186. The molecule has 1 amide bonds. The highest BCUT2D eigenvalue weighted by Gasteiger charge is 2.19. The highest BCUT2D eigenvalue weighted by molar-refractivity contribution is 5.81. The van der Waals surface area contributed by atoms with Crippen LogP contribution in [0.15, 0.2) is 30.3 Å². The van der Waals surface area contributed by atoms with Gasteiger partial charge in [0.05, 0.1) is 12.2 Å². The van der Waals surface area contributed by atoms with Crippen molar-refractivity contribution in [3.63, 3.8) is 0 Å². The summed E-state index contributed by atoms with van der Waals surface area (Å²) in [4.78, 5) is 12.0. The first-order valence-corrected chi connectivity index (χ1v) is 7.12. The van der Waals surface area contributed by atoms with Crippen LogP contribution in [0.1, 0.15) is 24.8 Å². The third-order valence-corrected chi connectivity index (χ3v) is 3.54. The molecule has 4 nitrogen and oxygen atoms in total. The van der Waals surface area contributed by atoms with Gasteiger partial charge in [-0.15, -0.1) is 0 Å². The molecule has 1 fully saturated rings. The number of nitriles is 1. The van der Waals surface area contributed by atoms with Gasteiger partial charge < -0.3 is 10.1 Å². The number of nitrogens with zero attached hydrogens (tertiary/aromatic N) is 1. The van der Waals surface area contributed by atoms with Crippen LogP contribution >= 0.6 is 0 Å². The first-order chi connectivity index (χ1) is 9.79. The minimum atomic E-state index is -0.623. The molecule has 1 heterocycles. The molecule has 0 spiro atoms. The van der Waals surface area contributed by atoms with Gasteiger partial charge in [0.15, 0.2) is 0 Å². The van der Waals surface area contributed by atoms with Crippen LogP contribution in [-0.2, 0) is 16.0 Å². The first-order valence-electron chi connectivity index (χ1n) is 7.12. The molecule has 1 N–H and O–H groups in total. The summed E-state index contributed by atoms with van der Waals surface area (Å²) < 4.78 is 5.50. The maximum atomic E-state index is 12.0. The number of nitrogens with one attached hydrogen (secondary N) is 1. The van der Waals surface area contributed by atoms with E-state index >= 15 is 0 Å². The van der Waals surface area contributed by atoms with Gasteiger partial charge in [0.2, 0.25) is 5.91 Å². The van der Waals surface area contributed by atoms with E-state index in [0.29, 0.717) is 13.0 Å². The molecule has 1 aliphatic heterocycles. The number of amides is 1. The van der Waals surface area contributed by atoms with Gasteiger partial charge in [-0.05, 0) is 31.2 Å². The molecule has 2 atom stereocenters. The molecule has 0 aliphatic carbocycles. The molecule has 1 aromatic rings. The van der Waals surface area contributed by atoms with Crippen LogP contribution in [0.2, 0.25) is 0 Å². The Labute approximate surface area is 119 Å². The second kappa shape index (κ2) is 7.66. The van der Waals surface area contributed by atoms with Crippen molar-refractivity contribution >= 4 is 5.91 Å². The molecule has 0 aromatic heterocycles. The summed E-state index contributed by atoms with van der Waals surface area (Å²) in [5.41, 5.74) is 1.01. The number of hydrogen-bond acceptors (Lipinski definition) is 3. The SMILES string of the molecule is N#CC(Cc1ccccc1)C(=O)NCCC1CCCO1. The standard InChI is InChI=1S/C16H20N2O2/c17-12-14(11-13-5-2-1-3-6-13)16(19)18-9-8-15-7-4-10-20-15/h1-3,5-6,14-15H,4,7-11H2,(H,18,19). The number of carbonyl (C=O) groups is 1. The lowest BCUT2D eigenvalue weighted by Gasteiger charge is -2.12. The number of carbonyl (C=O) groups excluding carboxylic acids is 1. The van der Waals surface area contributed by atoms with E-state index in [1.165, 1.54) is 0 Å². The lowest BCUT2D eigenvalue weighted by atomic mass is 10.00. The second-order valence-electron chi connectivity index (χ2n) is 5.09. The molecule has 2 rings (SSSR count). The van der Waals surface area contributed by atoms with E-state index in [-0.39, 0.29) is 12.0 Å². The van der Waals surface area contributed by atoms with E-state index in [9.17, 15) is 4.79 Å². The summed E-state index contributed by atoms with van der Waals surface area (Å²) >= 11 is 0. The number of ether oxygens (including phenoxy) is 1. The Kier molecular flexibility index (Phi) is 5.57. The van der Waals surface area contributed by atoms with Crippen LogP contribution in [0.5, 0.6) is 0 Å². The zero-order valence-electron chi connectivity index (χ0n) is 11.5. The van der Waals surface area contributed by atoms with Gasteiger partial charge >= 0.3 is 0 Å². The van der Waals surface area contributed by atoms with Crippen LogP contribution in [0.4, 0.5) is 0 Å². The van der Waals surface area contributed by atoms with E-state index in [1.807, 2.05) is 30.3 Å². The third kappa shape index (κ3) is 4.36. The van der Waals surface area contributed by atoms with Crippen molar-refractivity contribution in [2.24, 2.45) is 5.92 Å². The smallest absolute Gasteiger partial charge is 0.237 e. The monoisotopic (exact) mass is 272 g/mol. The molecule has 1 aliphatic rings. The zero-order chi connectivity index (χ0) is 14.2. The van der Waals surface area contributed by atoms with E-state index in [0.717, 1.165) is 31.4 Å². The predicted octanol–water partition coefficient (Wildman–Crippen LogP) is 2.05. The lowest BCUT2D eigenvalue weighted by molar-refractivity contribution is -0.123. The molecule has 20 heavy (non-hydrogen) atoms. The second-order valence-corrected chi connectivity index (χ2v) is 5.09. The molecular formula is C16H20N2O2. The Morgan fingerprint density at radius 1 is 1.45 bits per heavy atom. The first kappa shape index (κ1) is 14.5. The molecule has 0 saturated carbocycles. The van der Waals surface area contributed by atoms with Gasteiger partial charge in [-0.25, -0.2) is 0 Å². The van der Waals surface area contributed by atoms with Gasteiger partial charge in [0.1, 0.15) is 5.92 Å². The van der Waals surface area contributed by atoms with Crippen molar-refractivity contribution in [1.82, 2.24) is 5.32 Å². The van der Waals surface area contributed by atoms with Crippen LogP contribution < -0.4 is 5.32 Å². The van der Waals surface area contributed by atoms with Crippen molar-refractivity contribution in [1.29, 1.82) is 5.26 Å². The fourth-order valence-electron chi connectivity index (χ4n) is 2.40. The Bertz CT molecular complexity index is 461. The minimum Gasteiger partial charge on any atom is -0.378 e. The Morgan fingerprint density at radius 2 is 2.25 bits per heavy atom. The number of rotatable bonds is 6. The molecule has 2 unspecified atom stereocenters. The van der Waals surface area contributed by atoms with E-state index in [1.54, 1.807) is 0 Å².